The minimum atomic E-state index is -0.549. The van der Waals surface area contributed by atoms with E-state index >= 15 is 0 Å². The Bertz CT molecular complexity index is 1190. The summed E-state index contributed by atoms with van der Waals surface area (Å²) in [6, 6.07) is 8.88. The Morgan fingerprint density at radius 3 is 2.59 bits per heavy atom. The number of rotatable bonds is 6. The molecule has 0 radical (unpaired) electrons. The number of hydrogen-bond donors (Lipinski definition) is 2. The van der Waals surface area contributed by atoms with Crippen molar-refractivity contribution in [1.82, 2.24) is 25.1 Å². The average Bonchev–Trinajstić information content (AvgIpc) is 3.28. The molecule has 0 saturated carbocycles. The van der Waals surface area contributed by atoms with Crippen LogP contribution in [0.3, 0.4) is 0 Å². The van der Waals surface area contributed by atoms with Crippen LogP contribution in [0.1, 0.15) is 55.6 Å². The van der Waals surface area contributed by atoms with Crippen molar-refractivity contribution in [2.75, 3.05) is 5.32 Å². The molecule has 1 fully saturated rings. The summed E-state index contributed by atoms with van der Waals surface area (Å²) in [6.07, 6.45) is 7.82. The van der Waals surface area contributed by atoms with Crippen molar-refractivity contribution in [3.05, 3.63) is 54.0 Å². The maximum absolute atomic E-state index is 12.2. The monoisotopic (exact) mass is 459 g/mol. The van der Waals surface area contributed by atoms with E-state index in [9.17, 15) is 4.79 Å². The molecule has 0 bridgehead atoms. The van der Waals surface area contributed by atoms with Gasteiger partial charge in [-0.05, 0) is 58.2 Å². The summed E-state index contributed by atoms with van der Waals surface area (Å²) in [6.45, 7) is 7.77. The van der Waals surface area contributed by atoms with Crippen LogP contribution in [-0.2, 0) is 4.74 Å². The predicted octanol–water partition coefficient (Wildman–Crippen LogP) is 4.16. The van der Waals surface area contributed by atoms with Crippen LogP contribution in [0.25, 0.3) is 11.3 Å². The number of nitrogens with one attached hydrogen (secondary N) is 2. The SMILES string of the molecule is Cc1cnc(Nc2cnn(C3CC(C)OC(C)C3)c2)nc1-c1ccc(C(=O)N[C@@H](C)C#N)cc1. The highest BCUT2D eigenvalue weighted by molar-refractivity contribution is 5.95. The molecule has 0 spiro atoms. The Balaban J connectivity index is 1.48. The molecule has 1 aliphatic rings. The third-order valence-corrected chi connectivity index (χ3v) is 5.84. The molecule has 1 saturated heterocycles. The van der Waals surface area contributed by atoms with E-state index in [2.05, 4.69) is 34.6 Å². The van der Waals surface area contributed by atoms with Gasteiger partial charge in [-0.25, -0.2) is 9.97 Å². The second-order valence-electron chi connectivity index (χ2n) is 8.84. The van der Waals surface area contributed by atoms with Gasteiger partial charge in [-0.1, -0.05) is 12.1 Å². The minimum Gasteiger partial charge on any atom is -0.375 e. The van der Waals surface area contributed by atoms with Crippen LogP contribution < -0.4 is 10.6 Å². The fourth-order valence-corrected chi connectivity index (χ4v) is 4.20. The Labute approximate surface area is 199 Å². The van der Waals surface area contributed by atoms with Crippen LogP contribution in [0.2, 0.25) is 0 Å². The Morgan fingerprint density at radius 1 is 1.21 bits per heavy atom. The molecule has 4 rings (SSSR count). The quantitative estimate of drug-likeness (QED) is 0.568. The summed E-state index contributed by atoms with van der Waals surface area (Å²) in [5, 5.41) is 19.3. The van der Waals surface area contributed by atoms with Crippen molar-refractivity contribution in [2.45, 2.75) is 64.8 Å². The summed E-state index contributed by atoms with van der Waals surface area (Å²) in [4.78, 5) is 21.3. The number of anilines is 2. The van der Waals surface area contributed by atoms with E-state index in [1.807, 2.05) is 36.0 Å². The van der Waals surface area contributed by atoms with Gasteiger partial charge in [0, 0.05) is 23.5 Å². The molecule has 9 heteroatoms. The van der Waals surface area contributed by atoms with Gasteiger partial charge in [0.1, 0.15) is 6.04 Å². The number of ether oxygens (including phenoxy) is 1. The molecule has 0 aliphatic carbocycles. The first-order chi connectivity index (χ1) is 16.3. The summed E-state index contributed by atoms with van der Waals surface area (Å²) < 4.78 is 7.83. The lowest BCUT2D eigenvalue weighted by Crippen LogP contribution is -2.31. The second kappa shape index (κ2) is 10.0. The molecule has 1 amide bonds. The Morgan fingerprint density at radius 2 is 1.91 bits per heavy atom. The summed E-state index contributed by atoms with van der Waals surface area (Å²) >= 11 is 0. The molecule has 34 heavy (non-hydrogen) atoms. The normalized spacial score (nSPS) is 20.9. The largest absolute Gasteiger partial charge is 0.375 e. The third kappa shape index (κ3) is 5.41. The van der Waals surface area contributed by atoms with Crippen LogP contribution >= 0.6 is 0 Å². The molecule has 1 aromatic carbocycles. The molecule has 3 atom stereocenters. The summed E-state index contributed by atoms with van der Waals surface area (Å²) in [5.74, 6) is 0.186. The van der Waals surface area contributed by atoms with Gasteiger partial charge in [-0.2, -0.15) is 10.4 Å². The van der Waals surface area contributed by atoms with E-state index in [1.54, 1.807) is 31.5 Å². The number of amides is 1. The van der Waals surface area contributed by atoms with Crippen molar-refractivity contribution in [2.24, 2.45) is 0 Å². The van der Waals surface area contributed by atoms with Crippen molar-refractivity contribution in [3.63, 3.8) is 0 Å². The van der Waals surface area contributed by atoms with Gasteiger partial charge in [0.2, 0.25) is 5.95 Å². The third-order valence-electron chi connectivity index (χ3n) is 5.84. The lowest BCUT2D eigenvalue weighted by Gasteiger charge is -2.32. The van der Waals surface area contributed by atoms with E-state index < -0.39 is 6.04 Å². The van der Waals surface area contributed by atoms with E-state index in [0.717, 1.165) is 35.3 Å². The maximum Gasteiger partial charge on any atom is 0.252 e. The lowest BCUT2D eigenvalue weighted by molar-refractivity contribution is -0.0506. The van der Waals surface area contributed by atoms with Crippen LogP contribution in [0.15, 0.2) is 42.9 Å². The predicted molar refractivity (Wildman–Crippen MR) is 129 cm³/mol. The number of nitrogens with zero attached hydrogens (tertiary/aromatic N) is 5. The van der Waals surface area contributed by atoms with Crippen LogP contribution in [0.4, 0.5) is 11.6 Å². The van der Waals surface area contributed by atoms with Gasteiger partial charge in [-0.15, -0.1) is 0 Å². The number of carbonyl (C=O) groups is 1. The first kappa shape index (κ1) is 23.4. The first-order valence-electron chi connectivity index (χ1n) is 11.4. The molecular weight excluding hydrogens is 430 g/mol. The van der Waals surface area contributed by atoms with Crippen LogP contribution in [0, 0.1) is 18.3 Å². The highest BCUT2D eigenvalue weighted by Crippen LogP contribution is 2.29. The fourth-order valence-electron chi connectivity index (χ4n) is 4.20. The smallest absolute Gasteiger partial charge is 0.252 e. The topological polar surface area (TPSA) is 118 Å². The average molecular weight is 460 g/mol. The number of carbonyl (C=O) groups excluding carboxylic acids is 1. The number of benzene rings is 1. The van der Waals surface area contributed by atoms with Gasteiger partial charge in [-0.3, -0.25) is 9.48 Å². The van der Waals surface area contributed by atoms with E-state index in [4.69, 9.17) is 15.0 Å². The molecular formula is C25H29N7O2. The minimum absolute atomic E-state index is 0.213. The van der Waals surface area contributed by atoms with Crippen molar-refractivity contribution >= 4 is 17.5 Å². The van der Waals surface area contributed by atoms with E-state index in [0.29, 0.717) is 17.6 Å². The fraction of sp³-hybridized carbons (Fsp3) is 0.400. The molecule has 1 aliphatic heterocycles. The maximum atomic E-state index is 12.2. The van der Waals surface area contributed by atoms with Gasteiger partial charge >= 0.3 is 0 Å². The zero-order valence-corrected chi connectivity index (χ0v) is 19.8. The van der Waals surface area contributed by atoms with Gasteiger partial charge in [0.05, 0.1) is 41.9 Å². The molecule has 3 aromatic rings. The van der Waals surface area contributed by atoms with Gasteiger partial charge in [0.25, 0.3) is 5.91 Å². The molecule has 2 aromatic heterocycles. The van der Waals surface area contributed by atoms with Crippen molar-refractivity contribution in [3.8, 4) is 17.3 Å². The lowest BCUT2D eigenvalue weighted by atomic mass is 10.0. The second-order valence-corrected chi connectivity index (χ2v) is 8.84. The first-order valence-corrected chi connectivity index (χ1v) is 11.4. The molecule has 2 N–H and O–H groups in total. The van der Waals surface area contributed by atoms with E-state index in [1.165, 1.54) is 0 Å². The summed E-state index contributed by atoms with van der Waals surface area (Å²) in [7, 11) is 0. The number of aromatic nitrogens is 4. The zero-order chi connectivity index (χ0) is 24.2. The highest BCUT2D eigenvalue weighted by Gasteiger charge is 2.26. The van der Waals surface area contributed by atoms with Gasteiger partial charge < -0.3 is 15.4 Å². The summed E-state index contributed by atoms with van der Waals surface area (Å²) in [5.41, 5.74) is 3.87. The van der Waals surface area contributed by atoms with E-state index in [-0.39, 0.29) is 18.1 Å². The van der Waals surface area contributed by atoms with Crippen molar-refractivity contribution in [1.29, 1.82) is 5.26 Å². The van der Waals surface area contributed by atoms with Crippen LogP contribution in [-0.4, -0.2) is 43.9 Å². The van der Waals surface area contributed by atoms with Crippen molar-refractivity contribution < 1.29 is 9.53 Å². The van der Waals surface area contributed by atoms with Gasteiger partial charge in [0.15, 0.2) is 0 Å². The standard InChI is InChI=1S/C25H29N7O2/c1-15-12-27-25(30-21-13-28-32(14-21)22-9-17(3)34-18(4)10-22)31-23(15)19-5-7-20(8-6-19)24(33)29-16(2)11-26/h5-8,12-14,16-18,22H,9-10H2,1-4H3,(H,29,33)(H,27,30,31)/t16-,17?,18?,22?/m0/s1. The molecule has 9 nitrogen and oxygen atoms in total. The van der Waals surface area contributed by atoms with Crippen LogP contribution in [0.5, 0.6) is 0 Å². The molecule has 2 unspecified atom stereocenters. The highest BCUT2D eigenvalue weighted by atomic mass is 16.5. The zero-order valence-electron chi connectivity index (χ0n) is 19.8. The molecule has 3 heterocycles. The molecule has 176 valence electrons. The number of nitriles is 1. The number of aryl methyl sites for hydroxylation is 1. The Hall–Kier alpha value is -3.77. The number of hydrogen-bond acceptors (Lipinski definition) is 7. The Kier molecular flexibility index (Phi) is 6.89.